The number of carboxylic acid groups (broad SMARTS) is 1. The van der Waals surface area contributed by atoms with E-state index in [1.165, 1.54) is 24.2 Å². The molecule has 1 fully saturated rings. The Kier molecular flexibility index (Phi) is 5.73. The van der Waals surface area contributed by atoms with Crippen LogP contribution in [-0.4, -0.2) is 63.5 Å². The second-order valence-electron chi connectivity index (χ2n) is 6.21. The molecule has 0 radical (unpaired) electrons. The number of pyridine rings is 1. The van der Waals surface area contributed by atoms with Crippen LogP contribution in [0.3, 0.4) is 0 Å². The standard InChI is InChI=1S/C18H20N2O5S/c1-26-18-15(16(23)11-4-6-19-7-5-11)13(9-14(21)22)17(24)20(18)10-12-3-2-8-25-12/h4-7,12,18H,2-3,8-10H2,1H3,(H,21,22)/t12-,18+/m0/s1. The molecule has 1 amide bonds. The topological polar surface area (TPSA) is 96.8 Å². The van der Waals surface area contributed by atoms with Gasteiger partial charge in [0.15, 0.2) is 5.78 Å². The molecule has 1 N–H and O–H groups in total. The Morgan fingerprint density at radius 1 is 1.38 bits per heavy atom. The molecule has 138 valence electrons. The molecule has 3 rings (SSSR count). The van der Waals surface area contributed by atoms with Crippen molar-refractivity contribution in [2.45, 2.75) is 30.7 Å². The van der Waals surface area contributed by atoms with Gasteiger partial charge in [-0.2, -0.15) is 0 Å². The highest BCUT2D eigenvalue weighted by atomic mass is 32.2. The maximum atomic E-state index is 13.0. The van der Waals surface area contributed by atoms with Crippen LogP contribution in [0.4, 0.5) is 0 Å². The van der Waals surface area contributed by atoms with Gasteiger partial charge in [-0.05, 0) is 31.2 Å². The summed E-state index contributed by atoms with van der Waals surface area (Å²) >= 11 is 1.35. The molecule has 1 saturated heterocycles. The normalized spacial score (nSPS) is 23.0. The lowest BCUT2D eigenvalue weighted by Crippen LogP contribution is -2.40. The molecule has 8 heteroatoms. The molecule has 3 heterocycles. The van der Waals surface area contributed by atoms with Crippen LogP contribution >= 0.6 is 11.8 Å². The fraction of sp³-hybridized carbons (Fsp3) is 0.444. The Balaban J connectivity index is 1.96. The number of carbonyl (C=O) groups is 3. The van der Waals surface area contributed by atoms with Crippen molar-refractivity contribution in [3.63, 3.8) is 0 Å². The van der Waals surface area contributed by atoms with Gasteiger partial charge in [0, 0.05) is 42.3 Å². The van der Waals surface area contributed by atoms with Gasteiger partial charge in [-0.3, -0.25) is 19.4 Å². The van der Waals surface area contributed by atoms with E-state index in [1.54, 1.807) is 17.0 Å². The monoisotopic (exact) mass is 376 g/mol. The Bertz CT molecular complexity index is 743. The van der Waals surface area contributed by atoms with E-state index in [2.05, 4.69) is 4.98 Å². The van der Waals surface area contributed by atoms with E-state index in [9.17, 15) is 19.5 Å². The first-order chi connectivity index (χ1) is 12.5. The van der Waals surface area contributed by atoms with Crippen LogP contribution < -0.4 is 0 Å². The smallest absolute Gasteiger partial charge is 0.308 e. The Labute approximate surface area is 155 Å². The molecule has 0 aliphatic carbocycles. The first-order valence-electron chi connectivity index (χ1n) is 8.38. The Hall–Kier alpha value is -2.19. The summed E-state index contributed by atoms with van der Waals surface area (Å²) in [5.41, 5.74) is 0.717. The Morgan fingerprint density at radius 2 is 2.12 bits per heavy atom. The third-order valence-electron chi connectivity index (χ3n) is 4.54. The van der Waals surface area contributed by atoms with Crippen molar-refractivity contribution in [2.75, 3.05) is 19.4 Å². The summed E-state index contributed by atoms with van der Waals surface area (Å²) in [5.74, 6) is -1.85. The third kappa shape index (κ3) is 3.66. The van der Waals surface area contributed by atoms with Crippen LogP contribution in [0.1, 0.15) is 29.6 Å². The average Bonchev–Trinajstić information content (AvgIpc) is 3.23. The molecule has 2 atom stereocenters. The summed E-state index contributed by atoms with van der Waals surface area (Å²) in [6.07, 6.45) is 6.06. The first kappa shape index (κ1) is 18.6. The highest BCUT2D eigenvalue weighted by Crippen LogP contribution is 2.36. The number of thioether (sulfide) groups is 1. The number of Topliss-reactive ketones (excluding diaryl/α,β-unsaturated/α-hetero) is 1. The molecule has 26 heavy (non-hydrogen) atoms. The van der Waals surface area contributed by atoms with Gasteiger partial charge in [-0.1, -0.05) is 0 Å². The number of carbonyl (C=O) groups excluding carboxylic acids is 2. The van der Waals surface area contributed by atoms with Crippen molar-refractivity contribution in [1.82, 2.24) is 9.88 Å². The van der Waals surface area contributed by atoms with E-state index in [0.29, 0.717) is 18.7 Å². The second-order valence-corrected chi connectivity index (χ2v) is 7.13. The molecule has 7 nitrogen and oxygen atoms in total. The molecule has 0 unspecified atom stereocenters. The molecule has 0 spiro atoms. The summed E-state index contributed by atoms with van der Waals surface area (Å²) in [6, 6.07) is 3.14. The van der Waals surface area contributed by atoms with Gasteiger partial charge in [-0.15, -0.1) is 11.8 Å². The number of ether oxygens (including phenoxy) is 1. The van der Waals surface area contributed by atoms with E-state index in [-0.39, 0.29) is 28.9 Å². The predicted octanol–water partition coefficient (Wildman–Crippen LogP) is 1.75. The summed E-state index contributed by atoms with van der Waals surface area (Å²) in [4.78, 5) is 42.7. The highest BCUT2D eigenvalue weighted by Gasteiger charge is 2.43. The van der Waals surface area contributed by atoms with Gasteiger partial charge in [0.2, 0.25) is 0 Å². The molecule has 0 aromatic carbocycles. The number of nitrogens with zero attached hydrogens (tertiary/aromatic N) is 2. The average molecular weight is 376 g/mol. The van der Waals surface area contributed by atoms with Gasteiger partial charge in [0.1, 0.15) is 5.37 Å². The fourth-order valence-corrected chi connectivity index (χ4v) is 4.28. The van der Waals surface area contributed by atoms with Crippen molar-refractivity contribution in [2.24, 2.45) is 0 Å². The van der Waals surface area contributed by atoms with E-state index >= 15 is 0 Å². The number of aliphatic carboxylic acids is 1. The maximum Gasteiger partial charge on any atom is 0.308 e. The molecule has 0 saturated carbocycles. The van der Waals surface area contributed by atoms with Gasteiger partial charge >= 0.3 is 5.97 Å². The number of carboxylic acids is 1. The van der Waals surface area contributed by atoms with Crippen LogP contribution in [0.5, 0.6) is 0 Å². The SMILES string of the molecule is CS[C@@H]1C(C(=O)c2ccncc2)=C(CC(=O)O)C(=O)N1C[C@@H]1CCCO1. The fourth-order valence-electron chi connectivity index (χ4n) is 3.36. The van der Waals surface area contributed by atoms with E-state index in [4.69, 9.17) is 4.74 Å². The third-order valence-corrected chi connectivity index (χ3v) is 5.47. The molecular weight excluding hydrogens is 356 g/mol. The van der Waals surface area contributed by atoms with E-state index < -0.39 is 17.8 Å². The van der Waals surface area contributed by atoms with Crippen molar-refractivity contribution >= 4 is 29.4 Å². The van der Waals surface area contributed by atoms with E-state index in [1.807, 2.05) is 6.26 Å². The lowest BCUT2D eigenvalue weighted by molar-refractivity contribution is -0.137. The lowest BCUT2D eigenvalue weighted by Gasteiger charge is -2.27. The van der Waals surface area contributed by atoms with Crippen molar-refractivity contribution in [3.05, 3.63) is 41.2 Å². The van der Waals surface area contributed by atoms with Gasteiger partial charge in [0.25, 0.3) is 5.91 Å². The largest absolute Gasteiger partial charge is 0.481 e. The van der Waals surface area contributed by atoms with Crippen molar-refractivity contribution in [3.8, 4) is 0 Å². The zero-order valence-electron chi connectivity index (χ0n) is 14.4. The summed E-state index contributed by atoms with van der Waals surface area (Å²) in [5, 5.41) is 8.72. The summed E-state index contributed by atoms with van der Waals surface area (Å²) in [7, 11) is 0. The Morgan fingerprint density at radius 3 is 2.69 bits per heavy atom. The predicted molar refractivity (Wildman–Crippen MR) is 95.8 cm³/mol. The van der Waals surface area contributed by atoms with E-state index in [0.717, 1.165) is 12.8 Å². The lowest BCUT2D eigenvalue weighted by atomic mass is 9.99. The minimum Gasteiger partial charge on any atom is -0.481 e. The van der Waals surface area contributed by atoms with Crippen molar-refractivity contribution in [1.29, 1.82) is 0 Å². The molecule has 0 bridgehead atoms. The second kappa shape index (κ2) is 8.01. The van der Waals surface area contributed by atoms with Gasteiger partial charge < -0.3 is 14.7 Å². The number of rotatable bonds is 7. The van der Waals surface area contributed by atoms with Crippen LogP contribution in [0.15, 0.2) is 35.7 Å². The van der Waals surface area contributed by atoms with Crippen LogP contribution in [-0.2, 0) is 14.3 Å². The summed E-state index contributed by atoms with van der Waals surface area (Å²) < 4.78 is 5.62. The quantitative estimate of drug-likeness (QED) is 0.724. The van der Waals surface area contributed by atoms with Crippen LogP contribution in [0, 0.1) is 0 Å². The zero-order chi connectivity index (χ0) is 18.7. The van der Waals surface area contributed by atoms with Crippen molar-refractivity contribution < 1.29 is 24.2 Å². The minimum atomic E-state index is -1.13. The number of hydrogen-bond acceptors (Lipinski definition) is 6. The number of hydrogen-bond donors (Lipinski definition) is 1. The minimum absolute atomic E-state index is 0.0664. The molecule has 2 aliphatic rings. The number of aromatic nitrogens is 1. The maximum absolute atomic E-state index is 13.0. The van der Waals surface area contributed by atoms with Crippen LogP contribution in [0.25, 0.3) is 0 Å². The molecule has 2 aliphatic heterocycles. The van der Waals surface area contributed by atoms with Gasteiger partial charge in [0.05, 0.1) is 12.5 Å². The van der Waals surface area contributed by atoms with Gasteiger partial charge in [-0.25, -0.2) is 0 Å². The van der Waals surface area contributed by atoms with Crippen LogP contribution in [0.2, 0.25) is 0 Å². The number of ketones is 1. The number of amides is 1. The molecule has 1 aromatic rings. The zero-order valence-corrected chi connectivity index (χ0v) is 15.2. The molecule has 1 aromatic heterocycles. The summed E-state index contributed by atoms with van der Waals surface area (Å²) in [6.45, 7) is 1.02. The first-order valence-corrected chi connectivity index (χ1v) is 9.66. The highest BCUT2D eigenvalue weighted by molar-refractivity contribution is 7.99. The molecular formula is C18H20N2O5S.